The second-order valence-electron chi connectivity index (χ2n) is 23.1. The molecule has 370 valence electrons. The highest BCUT2D eigenvalue weighted by molar-refractivity contribution is 5.79. The number of aliphatic carboxylic acids is 1. The molecule has 10 N–H and O–H groups in total. The molecule has 0 unspecified atom stereocenters. The number of carbonyl (C=O) groups excluding carboxylic acids is 1. The summed E-state index contributed by atoms with van der Waals surface area (Å²) in [6.45, 7) is 14.9. The van der Waals surface area contributed by atoms with Crippen LogP contribution in [0.4, 0.5) is 0 Å². The number of carbonyl (C=O) groups is 2. The number of aliphatic hydroxyl groups excluding tert-OH is 9. The number of carboxylic acid groups (broad SMARTS) is 1. The lowest BCUT2D eigenvalue weighted by atomic mass is 9.33. The van der Waals surface area contributed by atoms with Crippen molar-refractivity contribution >= 4 is 11.9 Å². The van der Waals surface area contributed by atoms with Crippen LogP contribution in [0.1, 0.15) is 113 Å². The molecule has 3 aliphatic heterocycles. The Morgan fingerprint density at radius 1 is 0.708 bits per heavy atom. The van der Waals surface area contributed by atoms with E-state index in [0.717, 1.165) is 44.9 Å². The Morgan fingerprint density at radius 3 is 2.05 bits per heavy atom. The molecule has 65 heavy (non-hydrogen) atoms. The maximum absolute atomic E-state index is 14.6. The minimum absolute atomic E-state index is 0.0646. The molecule has 18 heteroatoms. The minimum atomic E-state index is -1.84. The Hall–Kier alpha value is -1.88. The molecule has 0 radical (unpaired) electrons. The van der Waals surface area contributed by atoms with E-state index in [-0.39, 0.29) is 39.4 Å². The molecule has 5 aliphatic carbocycles. The fourth-order valence-electron chi connectivity index (χ4n) is 14.7. The van der Waals surface area contributed by atoms with E-state index in [9.17, 15) is 60.7 Å². The van der Waals surface area contributed by atoms with Crippen LogP contribution in [0.25, 0.3) is 0 Å². The number of hydrogen-bond acceptors (Lipinski definition) is 17. The third kappa shape index (κ3) is 7.76. The molecule has 4 saturated carbocycles. The van der Waals surface area contributed by atoms with Gasteiger partial charge in [0, 0.05) is 0 Å². The first-order valence-corrected chi connectivity index (χ1v) is 23.7. The van der Waals surface area contributed by atoms with Gasteiger partial charge in [0.05, 0.1) is 24.7 Å². The molecule has 0 aromatic carbocycles. The minimum Gasteiger partial charge on any atom is -0.479 e. The average Bonchev–Trinajstić information content (AvgIpc) is 3.24. The molecule has 7 fully saturated rings. The van der Waals surface area contributed by atoms with Crippen molar-refractivity contribution < 1.29 is 89.1 Å². The van der Waals surface area contributed by atoms with Crippen LogP contribution in [-0.4, -0.2) is 168 Å². The summed E-state index contributed by atoms with van der Waals surface area (Å²) in [6, 6.07) is 0. The molecule has 0 aromatic rings. The van der Waals surface area contributed by atoms with Gasteiger partial charge in [-0.3, -0.25) is 4.79 Å². The van der Waals surface area contributed by atoms with Gasteiger partial charge in [-0.25, -0.2) is 4.79 Å². The van der Waals surface area contributed by atoms with Crippen molar-refractivity contribution in [2.75, 3.05) is 13.2 Å². The molecule has 0 bridgehead atoms. The smallest absolute Gasteiger partial charge is 0.335 e. The summed E-state index contributed by atoms with van der Waals surface area (Å²) in [7, 11) is 0. The monoisotopic (exact) mass is 926 g/mol. The van der Waals surface area contributed by atoms with E-state index in [2.05, 4.69) is 54.5 Å². The van der Waals surface area contributed by atoms with Crippen LogP contribution in [-0.2, 0) is 38.0 Å². The van der Waals surface area contributed by atoms with Gasteiger partial charge in [-0.15, -0.1) is 0 Å². The maximum Gasteiger partial charge on any atom is 0.335 e. The highest BCUT2D eigenvalue weighted by Gasteiger charge is 2.70. The average molecular weight is 927 g/mol. The number of hydrogen-bond donors (Lipinski definition) is 10. The summed E-state index contributed by atoms with van der Waals surface area (Å²) in [4.78, 5) is 27.2. The van der Waals surface area contributed by atoms with E-state index in [1.165, 1.54) is 5.57 Å². The third-order valence-electron chi connectivity index (χ3n) is 18.9. The van der Waals surface area contributed by atoms with Crippen molar-refractivity contribution in [3.63, 3.8) is 0 Å². The van der Waals surface area contributed by atoms with Crippen LogP contribution in [0.2, 0.25) is 0 Å². The van der Waals surface area contributed by atoms with Crippen molar-refractivity contribution in [1.29, 1.82) is 0 Å². The number of allylic oxidation sites excluding steroid dienone is 2. The number of carboxylic acids is 1. The van der Waals surface area contributed by atoms with Gasteiger partial charge < -0.3 is 79.5 Å². The van der Waals surface area contributed by atoms with E-state index in [1.807, 2.05) is 0 Å². The Labute approximate surface area is 380 Å². The van der Waals surface area contributed by atoms with Crippen molar-refractivity contribution in [2.45, 2.75) is 205 Å². The zero-order chi connectivity index (χ0) is 47.6. The van der Waals surface area contributed by atoms with Gasteiger partial charge in [0.15, 0.2) is 18.7 Å². The Balaban J connectivity index is 1.01. The molecular weight excluding hydrogens is 852 g/mol. The first-order valence-electron chi connectivity index (χ1n) is 23.7. The van der Waals surface area contributed by atoms with Crippen molar-refractivity contribution in [2.24, 2.45) is 50.2 Å². The summed E-state index contributed by atoms with van der Waals surface area (Å²) in [5.74, 6) is -1.77. The second kappa shape index (κ2) is 17.2. The predicted octanol–water partition coefficient (Wildman–Crippen LogP) is 0.872. The lowest BCUT2D eigenvalue weighted by Crippen LogP contribution is -2.67. The van der Waals surface area contributed by atoms with Gasteiger partial charge in [0.2, 0.25) is 6.29 Å². The number of esters is 1. The maximum atomic E-state index is 14.6. The zero-order valence-corrected chi connectivity index (χ0v) is 38.7. The Morgan fingerprint density at radius 2 is 1.37 bits per heavy atom. The van der Waals surface area contributed by atoms with Crippen LogP contribution in [0, 0.1) is 50.2 Å². The largest absolute Gasteiger partial charge is 0.479 e. The second-order valence-corrected chi connectivity index (χ2v) is 23.1. The van der Waals surface area contributed by atoms with Gasteiger partial charge in [0.25, 0.3) is 0 Å². The number of ether oxygens (including phenoxy) is 6. The SMILES string of the molecule is CC1(C)CC[C@]2(C(=O)O[C@H]3O[C@@H](CO)[C@@H](O)[C@@H](O)[C@@H]3O)CC[C@@]3(C)C(=CC[C@@H]4[C@]5(C)CC[C@H](O[C@@H]6O[C@H](C(=O)O)[C@H](O[C@@H]7OC[C@H](O)[C@@H](O)[C@H]7O)[C@@H](O)[C@H]6O)C(C)(C)[C@H]5CC[C@@]43C)[C@H]2C1. The Kier molecular flexibility index (Phi) is 13.1. The van der Waals surface area contributed by atoms with Gasteiger partial charge in [-0.05, 0) is 109 Å². The van der Waals surface area contributed by atoms with E-state index in [1.54, 1.807) is 0 Å². The van der Waals surface area contributed by atoms with Crippen LogP contribution in [0.15, 0.2) is 11.6 Å². The van der Waals surface area contributed by atoms with Crippen LogP contribution in [0.3, 0.4) is 0 Å². The molecule has 3 saturated heterocycles. The fourth-order valence-corrected chi connectivity index (χ4v) is 14.7. The topological polar surface area (TPSA) is 292 Å². The van der Waals surface area contributed by atoms with E-state index >= 15 is 0 Å². The van der Waals surface area contributed by atoms with Crippen LogP contribution >= 0.6 is 0 Å². The molecule has 22 atom stereocenters. The highest BCUT2D eigenvalue weighted by Crippen LogP contribution is 2.76. The summed E-state index contributed by atoms with van der Waals surface area (Å²) in [6.07, 6.45) is -13.6. The predicted molar refractivity (Wildman–Crippen MR) is 225 cm³/mol. The molecule has 8 rings (SSSR count). The highest BCUT2D eigenvalue weighted by atomic mass is 16.7. The molecule has 0 aromatic heterocycles. The number of fused-ring (bicyclic) bond motifs is 7. The lowest BCUT2D eigenvalue weighted by molar-refractivity contribution is -0.354. The lowest BCUT2D eigenvalue weighted by Gasteiger charge is -2.71. The molecule has 18 nitrogen and oxygen atoms in total. The fraction of sp³-hybridized carbons (Fsp3) is 0.915. The third-order valence-corrected chi connectivity index (χ3v) is 18.9. The summed E-state index contributed by atoms with van der Waals surface area (Å²) >= 11 is 0. The normalized spacial score (nSPS) is 52.7. The quantitative estimate of drug-likeness (QED) is 0.0918. The molecule has 0 spiro atoms. The van der Waals surface area contributed by atoms with Gasteiger partial charge in [-0.1, -0.05) is 60.1 Å². The first-order chi connectivity index (χ1) is 30.3. The molecule has 8 aliphatic rings. The van der Waals surface area contributed by atoms with Crippen molar-refractivity contribution in [3.05, 3.63) is 11.6 Å². The van der Waals surface area contributed by atoms with Crippen LogP contribution < -0.4 is 0 Å². The standard InChI is InChI=1S/C47H74O18/c1-42(2)14-16-47(41(59)65-39-33(55)30(52)29(51)24(19-48)61-39)17-15-45(6)21(22(47)18-42)8-9-26-44(5)12-11-27(43(3,4)25(44)10-13-46(26,45)7)62-40-34(56)31(53)35(36(64-40)37(57)58)63-38-32(54)28(50)23(49)20-60-38/h8,22-36,38-40,48-56H,9-20H2,1-7H3,(H,57,58)/t22-,23+,24+,25-,26-,27+,28-,29-,30-,31+,32-,33+,34-,35-,36+,38+,39-,40-,44-,45+,46+,47+/m1/s1. The van der Waals surface area contributed by atoms with Gasteiger partial charge >= 0.3 is 11.9 Å². The Bertz CT molecular complexity index is 1820. The van der Waals surface area contributed by atoms with E-state index in [0.29, 0.717) is 19.3 Å². The molecule has 3 heterocycles. The first kappa shape index (κ1) is 49.5. The number of rotatable bonds is 8. The zero-order valence-electron chi connectivity index (χ0n) is 38.7. The van der Waals surface area contributed by atoms with Crippen molar-refractivity contribution in [1.82, 2.24) is 0 Å². The summed E-state index contributed by atoms with van der Waals surface area (Å²) < 4.78 is 34.9. The van der Waals surface area contributed by atoms with Gasteiger partial charge in [0.1, 0.15) is 61.0 Å². The summed E-state index contributed by atoms with van der Waals surface area (Å²) in [5.41, 5.74) is -0.801. The summed E-state index contributed by atoms with van der Waals surface area (Å²) in [5, 5.41) is 105. The van der Waals surface area contributed by atoms with E-state index in [4.69, 9.17) is 28.4 Å². The van der Waals surface area contributed by atoms with E-state index < -0.39 is 128 Å². The van der Waals surface area contributed by atoms with Gasteiger partial charge in [-0.2, -0.15) is 0 Å². The molecular formula is C47H74O18. The van der Waals surface area contributed by atoms with Crippen LogP contribution in [0.5, 0.6) is 0 Å². The number of aliphatic hydroxyl groups is 9. The molecule has 0 amide bonds. The van der Waals surface area contributed by atoms with Crippen molar-refractivity contribution in [3.8, 4) is 0 Å².